The largest absolute Gasteiger partial charge is 0.393 e. The topological polar surface area (TPSA) is 49.3 Å². The van der Waals surface area contributed by atoms with Crippen LogP contribution in [0.15, 0.2) is 42.5 Å². The minimum atomic E-state index is -0.627. The molecule has 2 aromatic carbocycles. The molecule has 0 heterocycles. The van der Waals surface area contributed by atoms with Gasteiger partial charge in [-0.25, -0.2) is 8.78 Å². The van der Waals surface area contributed by atoms with Crippen LogP contribution in [0.1, 0.15) is 30.6 Å². The van der Waals surface area contributed by atoms with Gasteiger partial charge in [-0.2, -0.15) is 0 Å². The lowest BCUT2D eigenvalue weighted by Gasteiger charge is -2.14. The van der Waals surface area contributed by atoms with Crippen molar-refractivity contribution >= 4 is 5.91 Å². The molecule has 0 fully saturated rings. The molecule has 128 valence electrons. The number of benzene rings is 2. The van der Waals surface area contributed by atoms with Gasteiger partial charge in [0, 0.05) is 6.54 Å². The molecule has 2 atom stereocenters. The van der Waals surface area contributed by atoms with E-state index >= 15 is 0 Å². The Kier molecular flexibility index (Phi) is 6.04. The van der Waals surface area contributed by atoms with Crippen LogP contribution >= 0.6 is 0 Å². The van der Waals surface area contributed by atoms with E-state index < -0.39 is 17.8 Å². The first-order valence-corrected chi connectivity index (χ1v) is 7.88. The summed E-state index contributed by atoms with van der Waals surface area (Å²) in [5.74, 6) is -1.38. The molecule has 0 spiro atoms. The number of halogens is 2. The molecule has 1 amide bonds. The van der Waals surface area contributed by atoms with Gasteiger partial charge in [0.1, 0.15) is 11.6 Å². The van der Waals surface area contributed by atoms with Gasteiger partial charge in [0.2, 0.25) is 0 Å². The zero-order valence-electron chi connectivity index (χ0n) is 13.7. The van der Waals surface area contributed by atoms with E-state index in [0.29, 0.717) is 24.1 Å². The molecule has 0 radical (unpaired) electrons. The summed E-state index contributed by atoms with van der Waals surface area (Å²) in [7, 11) is 0. The second-order valence-corrected chi connectivity index (χ2v) is 6.10. The average Bonchev–Trinajstić information content (AvgIpc) is 2.52. The molecular weight excluding hydrogens is 312 g/mol. The maximum atomic E-state index is 14.2. The van der Waals surface area contributed by atoms with Crippen molar-refractivity contribution in [2.24, 2.45) is 5.92 Å². The van der Waals surface area contributed by atoms with E-state index in [-0.39, 0.29) is 17.3 Å². The quantitative estimate of drug-likeness (QED) is 0.845. The average molecular weight is 333 g/mol. The smallest absolute Gasteiger partial charge is 0.254 e. The first-order chi connectivity index (χ1) is 11.4. The van der Waals surface area contributed by atoms with Crippen molar-refractivity contribution < 1.29 is 18.7 Å². The number of aliphatic hydroxyl groups is 1. The van der Waals surface area contributed by atoms with E-state index in [9.17, 15) is 18.7 Å². The van der Waals surface area contributed by atoms with E-state index in [0.717, 1.165) is 0 Å². The van der Waals surface area contributed by atoms with E-state index in [1.165, 1.54) is 24.3 Å². The molecule has 0 aliphatic heterocycles. The Bertz CT molecular complexity index is 699. The van der Waals surface area contributed by atoms with E-state index in [1.54, 1.807) is 25.1 Å². The van der Waals surface area contributed by atoms with Crippen LogP contribution in [-0.2, 0) is 0 Å². The van der Waals surface area contributed by atoms with Crippen LogP contribution in [0.2, 0.25) is 0 Å². The Morgan fingerprint density at radius 3 is 2.29 bits per heavy atom. The fraction of sp³-hybridized carbons (Fsp3) is 0.316. The summed E-state index contributed by atoms with van der Waals surface area (Å²) in [5.41, 5.74) is 1.21. The molecule has 3 nitrogen and oxygen atoms in total. The van der Waals surface area contributed by atoms with Crippen molar-refractivity contribution in [3.63, 3.8) is 0 Å². The number of carbonyl (C=O) groups is 1. The first kappa shape index (κ1) is 18.1. The zero-order chi connectivity index (χ0) is 17.7. The SMILES string of the molecule is CC(O)CC(C)CNC(=O)c1ccc(-c2ccc(F)cc2)cc1F. The molecule has 0 bridgehead atoms. The van der Waals surface area contributed by atoms with Crippen LogP contribution in [0.5, 0.6) is 0 Å². The Hall–Kier alpha value is -2.27. The van der Waals surface area contributed by atoms with Crippen molar-refractivity contribution in [1.82, 2.24) is 5.32 Å². The summed E-state index contributed by atoms with van der Waals surface area (Å²) in [6.07, 6.45) is 0.121. The van der Waals surface area contributed by atoms with Gasteiger partial charge >= 0.3 is 0 Å². The predicted molar refractivity (Wildman–Crippen MR) is 89.6 cm³/mol. The molecule has 2 aromatic rings. The second kappa shape index (κ2) is 8.02. The van der Waals surface area contributed by atoms with Crippen LogP contribution in [0.3, 0.4) is 0 Å². The molecule has 0 aromatic heterocycles. The summed E-state index contributed by atoms with van der Waals surface area (Å²) < 4.78 is 27.2. The van der Waals surface area contributed by atoms with Crippen LogP contribution < -0.4 is 5.32 Å². The standard InChI is InChI=1S/C19H21F2NO2/c1-12(9-13(2)23)11-22-19(24)17-8-5-15(10-18(17)21)14-3-6-16(20)7-4-14/h3-8,10,12-13,23H,9,11H2,1-2H3,(H,22,24). The number of hydrogen-bond donors (Lipinski definition) is 2. The summed E-state index contributed by atoms with van der Waals surface area (Å²) in [6.45, 7) is 3.95. The van der Waals surface area contributed by atoms with E-state index in [2.05, 4.69) is 5.32 Å². The van der Waals surface area contributed by atoms with Crippen LogP contribution in [0, 0.1) is 17.6 Å². The molecular formula is C19H21F2NO2. The molecule has 0 aliphatic carbocycles. The van der Waals surface area contributed by atoms with Gasteiger partial charge in [0.05, 0.1) is 11.7 Å². The van der Waals surface area contributed by atoms with Gasteiger partial charge in [0.25, 0.3) is 5.91 Å². The molecule has 0 aliphatic rings. The number of aliphatic hydroxyl groups excluding tert-OH is 1. The molecule has 2 N–H and O–H groups in total. The molecule has 24 heavy (non-hydrogen) atoms. The zero-order valence-corrected chi connectivity index (χ0v) is 13.7. The lowest BCUT2D eigenvalue weighted by molar-refractivity contribution is 0.0935. The number of nitrogens with one attached hydrogen (secondary N) is 1. The Balaban J connectivity index is 2.06. The number of amides is 1. The van der Waals surface area contributed by atoms with Crippen molar-refractivity contribution in [2.45, 2.75) is 26.4 Å². The maximum absolute atomic E-state index is 14.2. The van der Waals surface area contributed by atoms with Crippen molar-refractivity contribution in [2.75, 3.05) is 6.54 Å². The minimum Gasteiger partial charge on any atom is -0.393 e. The highest BCUT2D eigenvalue weighted by atomic mass is 19.1. The monoisotopic (exact) mass is 333 g/mol. The Morgan fingerprint density at radius 2 is 1.71 bits per heavy atom. The van der Waals surface area contributed by atoms with Gasteiger partial charge in [-0.1, -0.05) is 25.1 Å². The van der Waals surface area contributed by atoms with Gasteiger partial charge < -0.3 is 10.4 Å². The molecule has 0 saturated heterocycles. The van der Waals surface area contributed by atoms with Crippen LogP contribution in [0.4, 0.5) is 8.78 Å². The normalized spacial score (nSPS) is 13.4. The highest BCUT2D eigenvalue weighted by molar-refractivity contribution is 5.95. The third-order valence-corrected chi connectivity index (χ3v) is 3.75. The van der Waals surface area contributed by atoms with Crippen molar-refractivity contribution in [3.8, 4) is 11.1 Å². The first-order valence-electron chi connectivity index (χ1n) is 7.88. The van der Waals surface area contributed by atoms with E-state index in [1.807, 2.05) is 6.92 Å². The Labute approximate surface area is 140 Å². The second-order valence-electron chi connectivity index (χ2n) is 6.10. The highest BCUT2D eigenvalue weighted by Crippen LogP contribution is 2.22. The molecule has 0 saturated carbocycles. The number of carbonyl (C=O) groups excluding carboxylic acids is 1. The van der Waals surface area contributed by atoms with Crippen LogP contribution in [-0.4, -0.2) is 23.7 Å². The third-order valence-electron chi connectivity index (χ3n) is 3.75. The fourth-order valence-electron chi connectivity index (χ4n) is 2.55. The number of rotatable bonds is 6. The van der Waals surface area contributed by atoms with Gasteiger partial charge in [0.15, 0.2) is 0 Å². The van der Waals surface area contributed by atoms with E-state index in [4.69, 9.17) is 0 Å². The summed E-state index contributed by atoms with van der Waals surface area (Å²) >= 11 is 0. The lowest BCUT2D eigenvalue weighted by atomic mass is 10.0. The molecule has 2 rings (SSSR count). The van der Waals surface area contributed by atoms with Gasteiger partial charge in [-0.15, -0.1) is 0 Å². The Morgan fingerprint density at radius 1 is 1.08 bits per heavy atom. The summed E-state index contributed by atoms with van der Waals surface area (Å²) in [6, 6.07) is 10.0. The predicted octanol–water partition coefficient (Wildman–Crippen LogP) is 3.77. The molecule has 2 unspecified atom stereocenters. The van der Waals surface area contributed by atoms with Crippen LogP contribution in [0.25, 0.3) is 11.1 Å². The lowest BCUT2D eigenvalue weighted by Crippen LogP contribution is -2.30. The molecule has 5 heteroatoms. The minimum absolute atomic E-state index is 0.0369. The number of hydrogen-bond acceptors (Lipinski definition) is 2. The summed E-state index contributed by atoms with van der Waals surface area (Å²) in [5, 5.41) is 12.0. The van der Waals surface area contributed by atoms with Gasteiger partial charge in [-0.05, 0) is 54.7 Å². The van der Waals surface area contributed by atoms with Crippen molar-refractivity contribution in [3.05, 3.63) is 59.7 Å². The highest BCUT2D eigenvalue weighted by Gasteiger charge is 2.14. The van der Waals surface area contributed by atoms with Gasteiger partial charge in [-0.3, -0.25) is 4.79 Å². The summed E-state index contributed by atoms with van der Waals surface area (Å²) in [4.78, 5) is 12.1. The maximum Gasteiger partial charge on any atom is 0.254 e. The third kappa shape index (κ3) is 4.86. The fourth-order valence-corrected chi connectivity index (χ4v) is 2.55. The van der Waals surface area contributed by atoms with Crippen molar-refractivity contribution in [1.29, 1.82) is 0 Å².